The number of benzene rings is 2. The van der Waals surface area contributed by atoms with E-state index in [4.69, 9.17) is 9.47 Å². The zero-order chi connectivity index (χ0) is 21.7. The van der Waals surface area contributed by atoms with Crippen molar-refractivity contribution >= 4 is 29.1 Å². The molecule has 3 amide bonds. The van der Waals surface area contributed by atoms with Crippen LogP contribution in [0.3, 0.4) is 0 Å². The third-order valence-electron chi connectivity index (χ3n) is 6.95. The molecule has 3 aliphatic rings. The van der Waals surface area contributed by atoms with Gasteiger partial charge in [0, 0.05) is 11.6 Å². The number of nitrogens with zero attached hydrogens (tertiary/aromatic N) is 1. The maximum atomic E-state index is 13.1. The molecule has 0 radical (unpaired) electrons. The first kappa shape index (κ1) is 19.6. The van der Waals surface area contributed by atoms with E-state index in [1.54, 1.807) is 49.6 Å². The highest BCUT2D eigenvalue weighted by atomic mass is 16.5. The molecule has 160 valence electrons. The fraction of sp³-hybridized carbons (Fsp3) is 0.375. The van der Waals surface area contributed by atoms with Crippen molar-refractivity contribution in [3.8, 4) is 11.5 Å². The lowest BCUT2D eigenvalue weighted by atomic mass is 9.81. The lowest BCUT2D eigenvalue weighted by Gasteiger charge is -2.19. The second-order valence-electron chi connectivity index (χ2n) is 8.47. The molecule has 4 atom stereocenters. The minimum atomic E-state index is -0.368. The van der Waals surface area contributed by atoms with E-state index in [1.165, 1.54) is 12.0 Å². The van der Waals surface area contributed by atoms with Crippen molar-refractivity contribution in [1.82, 2.24) is 0 Å². The van der Waals surface area contributed by atoms with Gasteiger partial charge in [-0.05, 0) is 61.4 Å². The molecule has 0 unspecified atom stereocenters. The Hall–Kier alpha value is -3.35. The van der Waals surface area contributed by atoms with Crippen LogP contribution in [-0.2, 0) is 9.59 Å². The number of hydrogen-bond donors (Lipinski definition) is 1. The minimum Gasteiger partial charge on any atom is -0.497 e. The number of imide groups is 1. The molecule has 2 aromatic rings. The molecule has 0 spiro atoms. The summed E-state index contributed by atoms with van der Waals surface area (Å²) in [5, 5.41) is 2.82. The van der Waals surface area contributed by atoms with E-state index in [0.29, 0.717) is 40.3 Å². The maximum Gasteiger partial charge on any atom is 0.255 e. The lowest BCUT2D eigenvalue weighted by Crippen LogP contribution is -2.33. The molecule has 5 rings (SSSR count). The largest absolute Gasteiger partial charge is 0.497 e. The molecule has 1 aliphatic heterocycles. The average molecular weight is 420 g/mol. The fourth-order valence-electron chi connectivity index (χ4n) is 5.56. The van der Waals surface area contributed by atoms with Crippen LogP contribution in [0.5, 0.6) is 11.5 Å². The third-order valence-corrected chi connectivity index (χ3v) is 6.95. The van der Waals surface area contributed by atoms with Crippen molar-refractivity contribution in [2.45, 2.75) is 19.3 Å². The van der Waals surface area contributed by atoms with Crippen molar-refractivity contribution < 1.29 is 23.9 Å². The van der Waals surface area contributed by atoms with E-state index in [2.05, 4.69) is 5.32 Å². The predicted octanol–water partition coefficient (Wildman–Crippen LogP) is 3.49. The van der Waals surface area contributed by atoms with Crippen LogP contribution in [-0.4, -0.2) is 31.9 Å². The van der Waals surface area contributed by atoms with Gasteiger partial charge >= 0.3 is 0 Å². The summed E-state index contributed by atoms with van der Waals surface area (Å²) in [6.45, 7) is 0. The van der Waals surface area contributed by atoms with Crippen molar-refractivity contribution in [2.75, 3.05) is 24.4 Å². The van der Waals surface area contributed by atoms with Crippen LogP contribution in [0.15, 0.2) is 42.5 Å². The zero-order valence-electron chi connectivity index (χ0n) is 17.5. The number of nitrogens with one attached hydrogen (secondary N) is 1. The normalized spacial score (nSPS) is 26.2. The van der Waals surface area contributed by atoms with E-state index in [1.807, 2.05) is 0 Å². The van der Waals surface area contributed by atoms with Gasteiger partial charge in [-0.15, -0.1) is 0 Å². The standard InChI is InChI=1S/C24H24N2O5/c1-30-17-8-9-19(31-2)18(12-17)25-22(27)15-4-3-5-16(11-15)26-23(28)20-13-6-7-14(10-13)21(20)24(26)29/h3-5,8-9,11-14,20-21H,6-7,10H2,1-2H3,(H,25,27)/t13-,14+,20-,21-/m0/s1. The van der Waals surface area contributed by atoms with E-state index in [-0.39, 0.29) is 29.6 Å². The molecule has 7 nitrogen and oxygen atoms in total. The number of ether oxygens (including phenoxy) is 2. The Labute approximate surface area is 180 Å². The smallest absolute Gasteiger partial charge is 0.255 e. The van der Waals surface area contributed by atoms with Crippen molar-refractivity contribution in [3.05, 3.63) is 48.0 Å². The SMILES string of the molecule is COc1ccc(OC)c(NC(=O)c2cccc(N3C(=O)[C@H]4[C@@H]5CC[C@@H](C5)[C@@H]4C3=O)c2)c1. The Bertz CT molecular complexity index is 1050. The molecule has 3 fully saturated rings. The van der Waals surface area contributed by atoms with Crippen LogP contribution in [0, 0.1) is 23.7 Å². The predicted molar refractivity (Wildman–Crippen MR) is 114 cm³/mol. The Morgan fingerprint density at radius 1 is 0.968 bits per heavy atom. The van der Waals surface area contributed by atoms with Crippen LogP contribution >= 0.6 is 0 Å². The van der Waals surface area contributed by atoms with Gasteiger partial charge in [-0.25, -0.2) is 0 Å². The molecule has 2 aromatic carbocycles. The summed E-state index contributed by atoms with van der Waals surface area (Å²) in [4.78, 5) is 40.4. The number of carbonyl (C=O) groups is 3. The fourth-order valence-corrected chi connectivity index (χ4v) is 5.56. The number of anilines is 2. The molecular formula is C24H24N2O5. The first-order chi connectivity index (χ1) is 15.0. The number of amides is 3. The Balaban J connectivity index is 1.41. The molecule has 31 heavy (non-hydrogen) atoms. The number of fused-ring (bicyclic) bond motifs is 5. The van der Waals surface area contributed by atoms with E-state index >= 15 is 0 Å². The van der Waals surface area contributed by atoms with Crippen LogP contribution in [0.4, 0.5) is 11.4 Å². The topological polar surface area (TPSA) is 84.9 Å². The van der Waals surface area contributed by atoms with Gasteiger partial charge in [0.2, 0.25) is 11.8 Å². The van der Waals surface area contributed by atoms with Crippen molar-refractivity contribution in [3.63, 3.8) is 0 Å². The van der Waals surface area contributed by atoms with Gasteiger partial charge in [-0.1, -0.05) is 6.07 Å². The molecule has 2 aliphatic carbocycles. The molecule has 2 saturated carbocycles. The summed E-state index contributed by atoms with van der Waals surface area (Å²) in [5.74, 6) is 0.746. The van der Waals surface area contributed by atoms with Crippen molar-refractivity contribution in [1.29, 1.82) is 0 Å². The highest BCUT2D eigenvalue weighted by Gasteiger charge is 2.61. The van der Waals surface area contributed by atoms with Gasteiger partial charge in [-0.3, -0.25) is 19.3 Å². The number of hydrogen-bond acceptors (Lipinski definition) is 5. The highest BCUT2D eigenvalue weighted by Crippen LogP contribution is 2.56. The number of rotatable bonds is 5. The molecule has 1 heterocycles. The number of methoxy groups -OCH3 is 2. The first-order valence-corrected chi connectivity index (χ1v) is 10.5. The van der Waals surface area contributed by atoms with E-state index < -0.39 is 0 Å². The van der Waals surface area contributed by atoms with Gasteiger partial charge in [-0.2, -0.15) is 0 Å². The van der Waals surface area contributed by atoms with E-state index in [0.717, 1.165) is 19.3 Å². The maximum absolute atomic E-state index is 13.1. The molecule has 1 saturated heterocycles. The van der Waals surface area contributed by atoms with Crippen LogP contribution in [0.1, 0.15) is 29.6 Å². The molecule has 2 bridgehead atoms. The Kier molecular flexibility index (Phi) is 4.68. The van der Waals surface area contributed by atoms with Gasteiger partial charge in [0.1, 0.15) is 11.5 Å². The monoisotopic (exact) mass is 420 g/mol. The lowest BCUT2D eigenvalue weighted by molar-refractivity contribution is -0.123. The Morgan fingerprint density at radius 3 is 2.32 bits per heavy atom. The van der Waals surface area contributed by atoms with Gasteiger partial charge in [0.25, 0.3) is 5.91 Å². The van der Waals surface area contributed by atoms with Crippen LogP contribution < -0.4 is 19.7 Å². The zero-order valence-corrected chi connectivity index (χ0v) is 17.5. The number of carbonyl (C=O) groups excluding carboxylic acids is 3. The quantitative estimate of drug-likeness (QED) is 0.749. The van der Waals surface area contributed by atoms with Gasteiger partial charge in [0.05, 0.1) is 37.4 Å². The summed E-state index contributed by atoms with van der Waals surface area (Å²) in [7, 11) is 3.06. The van der Waals surface area contributed by atoms with E-state index in [9.17, 15) is 14.4 Å². The highest BCUT2D eigenvalue weighted by molar-refractivity contribution is 6.23. The summed E-state index contributed by atoms with van der Waals surface area (Å²) in [6.07, 6.45) is 3.05. The minimum absolute atomic E-state index is 0.116. The summed E-state index contributed by atoms with van der Waals surface area (Å²) in [6, 6.07) is 11.8. The summed E-state index contributed by atoms with van der Waals surface area (Å²) >= 11 is 0. The molecule has 7 heteroatoms. The second-order valence-corrected chi connectivity index (χ2v) is 8.47. The van der Waals surface area contributed by atoms with Crippen LogP contribution in [0.2, 0.25) is 0 Å². The molecule has 1 N–H and O–H groups in total. The Morgan fingerprint density at radius 2 is 1.68 bits per heavy atom. The van der Waals surface area contributed by atoms with Gasteiger partial charge in [0.15, 0.2) is 0 Å². The second kappa shape index (κ2) is 7.41. The molecular weight excluding hydrogens is 396 g/mol. The third kappa shape index (κ3) is 3.07. The van der Waals surface area contributed by atoms with Crippen LogP contribution in [0.25, 0.3) is 0 Å². The van der Waals surface area contributed by atoms with Crippen molar-refractivity contribution in [2.24, 2.45) is 23.7 Å². The molecule has 0 aromatic heterocycles. The average Bonchev–Trinajstić information content (AvgIpc) is 3.47. The summed E-state index contributed by atoms with van der Waals surface area (Å²) in [5.41, 5.74) is 1.27. The van der Waals surface area contributed by atoms with Gasteiger partial charge < -0.3 is 14.8 Å². The first-order valence-electron chi connectivity index (χ1n) is 10.5. The summed E-state index contributed by atoms with van der Waals surface area (Å²) < 4.78 is 10.5.